The van der Waals surface area contributed by atoms with E-state index in [-0.39, 0.29) is 36.8 Å². The highest BCUT2D eigenvalue weighted by Crippen LogP contribution is 2.45. The van der Waals surface area contributed by atoms with Crippen molar-refractivity contribution in [3.05, 3.63) is 60.7 Å². The van der Waals surface area contributed by atoms with E-state index in [9.17, 15) is 14.4 Å². The lowest BCUT2D eigenvalue weighted by Crippen LogP contribution is -2.61. The lowest BCUT2D eigenvalue weighted by atomic mass is 10.1. The van der Waals surface area contributed by atoms with Crippen molar-refractivity contribution in [2.75, 3.05) is 26.2 Å². The standard InChI is InChI=1S/C16H21N3O3.C7H8.CH2O2/c1-3-13(20)19-10-9-17(15(22)16(19)6-7-16)11-14(21)18-8-4-5-12(18)2;1-7-5-3-2-4-6-7;2-1-3/h3-5,12H,1,6-11H2,2H3;2-6H,1H3;1H,(H,2,3)/t12-;;/m1../s1. The Hall–Kier alpha value is -3.42. The van der Waals surface area contributed by atoms with E-state index < -0.39 is 5.54 Å². The molecule has 1 saturated carbocycles. The molecular weight excluding hydrogens is 410 g/mol. The highest BCUT2D eigenvalue weighted by molar-refractivity contribution is 5.99. The van der Waals surface area contributed by atoms with Gasteiger partial charge >= 0.3 is 0 Å². The van der Waals surface area contributed by atoms with Gasteiger partial charge in [0, 0.05) is 25.7 Å². The molecule has 32 heavy (non-hydrogen) atoms. The number of hydrogen-bond donors (Lipinski definition) is 1. The average Bonchev–Trinajstić information content (AvgIpc) is 3.45. The van der Waals surface area contributed by atoms with Crippen molar-refractivity contribution in [3.63, 3.8) is 0 Å². The Bertz CT molecular complexity index is 864. The van der Waals surface area contributed by atoms with Crippen molar-refractivity contribution in [3.8, 4) is 0 Å². The number of hydrogen-bond acceptors (Lipinski definition) is 4. The predicted octanol–water partition coefficient (Wildman–Crippen LogP) is 1.86. The molecule has 172 valence electrons. The summed E-state index contributed by atoms with van der Waals surface area (Å²) in [7, 11) is 0. The van der Waals surface area contributed by atoms with Crippen LogP contribution in [0.15, 0.2) is 55.1 Å². The minimum Gasteiger partial charge on any atom is -0.483 e. The van der Waals surface area contributed by atoms with Gasteiger partial charge in [0.15, 0.2) is 0 Å². The summed E-state index contributed by atoms with van der Waals surface area (Å²) in [5.74, 6) is -0.332. The fourth-order valence-corrected chi connectivity index (χ4v) is 3.89. The van der Waals surface area contributed by atoms with Crippen LogP contribution in [0.3, 0.4) is 0 Å². The highest BCUT2D eigenvalue weighted by Gasteiger charge is 2.59. The van der Waals surface area contributed by atoms with E-state index in [1.807, 2.05) is 37.3 Å². The topological polar surface area (TPSA) is 98.2 Å². The van der Waals surface area contributed by atoms with Crippen molar-refractivity contribution in [2.24, 2.45) is 0 Å². The van der Waals surface area contributed by atoms with E-state index in [0.717, 1.165) is 0 Å². The number of piperazine rings is 1. The normalized spacial score (nSPS) is 20.0. The zero-order valence-corrected chi connectivity index (χ0v) is 18.6. The Balaban J connectivity index is 0.000000302. The lowest BCUT2D eigenvalue weighted by molar-refractivity contribution is -0.154. The van der Waals surface area contributed by atoms with Crippen molar-refractivity contribution < 1.29 is 24.3 Å². The number of carbonyl (C=O) groups is 4. The van der Waals surface area contributed by atoms with Gasteiger partial charge in [-0.15, -0.1) is 0 Å². The second kappa shape index (κ2) is 11.3. The molecule has 2 heterocycles. The van der Waals surface area contributed by atoms with Crippen LogP contribution in [-0.4, -0.2) is 81.8 Å². The van der Waals surface area contributed by atoms with Crippen LogP contribution in [0.5, 0.6) is 0 Å². The fourth-order valence-electron chi connectivity index (χ4n) is 3.89. The van der Waals surface area contributed by atoms with Crippen LogP contribution >= 0.6 is 0 Å². The second-order valence-corrected chi connectivity index (χ2v) is 7.93. The van der Waals surface area contributed by atoms with E-state index in [1.165, 1.54) is 11.6 Å². The van der Waals surface area contributed by atoms with Crippen LogP contribution in [0.2, 0.25) is 0 Å². The zero-order chi connectivity index (χ0) is 23.7. The molecule has 1 aromatic carbocycles. The van der Waals surface area contributed by atoms with Crippen molar-refractivity contribution in [2.45, 2.75) is 38.3 Å². The first-order chi connectivity index (χ1) is 15.3. The maximum atomic E-state index is 12.7. The van der Waals surface area contributed by atoms with Crippen LogP contribution in [0, 0.1) is 6.92 Å². The molecule has 1 aromatic rings. The monoisotopic (exact) mass is 441 g/mol. The third kappa shape index (κ3) is 5.84. The first-order valence-corrected chi connectivity index (χ1v) is 10.6. The minimum absolute atomic E-state index is 0.0369. The molecule has 0 bridgehead atoms. The molecule has 2 aliphatic heterocycles. The molecule has 0 radical (unpaired) electrons. The molecule has 8 nitrogen and oxygen atoms in total. The van der Waals surface area contributed by atoms with Crippen LogP contribution in [0.25, 0.3) is 0 Å². The van der Waals surface area contributed by atoms with E-state index >= 15 is 0 Å². The van der Waals surface area contributed by atoms with Crippen LogP contribution in [0.1, 0.15) is 25.3 Å². The molecule has 4 rings (SSSR count). The third-order valence-electron chi connectivity index (χ3n) is 5.76. The first-order valence-electron chi connectivity index (χ1n) is 10.6. The van der Waals surface area contributed by atoms with Crippen molar-refractivity contribution in [1.82, 2.24) is 14.7 Å². The van der Waals surface area contributed by atoms with Crippen LogP contribution in [-0.2, 0) is 19.2 Å². The van der Waals surface area contributed by atoms with Crippen LogP contribution < -0.4 is 0 Å². The minimum atomic E-state index is -0.710. The fraction of sp³-hybridized carbons (Fsp3) is 0.417. The van der Waals surface area contributed by atoms with Gasteiger partial charge < -0.3 is 19.8 Å². The highest BCUT2D eigenvalue weighted by atomic mass is 16.3. The molecule has 0 unspecified atom stereocenters. The summed E-state index contributed by atoms with van der Waals surface area (Å²) in [4.78, 5) is 50.3. The first kappa shape index (κ1) is 24.8. The van der Waals surface area contributed by atoms with Gasteiger partial charge in [-0.1, -0.05) is 54.6 Å². The van der Waals surface area contributed by atoms with Crippen molar-refractivity contribution in [1.29, 1.82) is 0 Å². The molecular formula is C24H31N3O5. The molecule has 1 aliphatic carbocycles. The Morgan fingerprint density at radius 1 is 1.22 bits per heavy atom. The number of carboxylic acid groups (broad SMARTS) is 1. The summed E-state index contributed by atoms with van der Waals surface area (Å²) in [6.07, 6.45) is 6.57. The summed E-state index contributed by atoms with van der Waals surface area (Å²) in [5.41, 5.74) is 0.612. The molecule has 1 saturated heterocycles. The smallest absolute Gasteiger partial charge is 0.290 e. The van der Waals surface area contributed by atoms with Crippen LogP contribution in [0.4, 0.5) is 0 Å². The Labute approximate surface area is 188 Å². The number of rotatable bonds is 3. The number of benzene rings is 1. The molecule has 0 aromatic heterocycles. The van der Waals surface area contributed by atoms with Gasteiger partial charge in [-0.05, 0) is 32.8 Å². The van der Waals surface area contributed by atoms with Crippen molar-refractivity contribution >= 4 is 24.2 Å². The van der Waals surface area contributed by atoms with E-state index in [1.54, 1.807) is 14.7 Å². The van der Waals surface area contributed by atoms with E-state index in [0.29, 0.717) is 32.5 Å². The van der Waals surface area contributed by atoms with Gasteiger partial charge in [-0.25, -0.2) is 0 Å². The van der Waals surface area contributed by atoms with Gasteiger partial charge in [-0.2, -0.15) is 0 Å². The third-order valence-corrected chi connectivity index (χ3v) is 5.76. The lowest BCUT2D eigenvalue weighted by Gasteiger charge is -2.41. The number of amides is 3. The summed E-state index contributed by atoms with van der Waals surface area (Å²) in [6.45, 7) is 8.88. The van der Waals surface area contributed by atoms with E-state index in [4.69, 9.17) is 9.90 Å². The Morgan fingerprint density at radius 2 is 1.84 bits per heavy atom. The quantitative estimate of drug-likeness (QED) is 0.439. The van der Waals surface area contributed by atoms with E-state index in [2.05, 4.69) is 25.6 Å². The molecule has 2 fully saturated rings. The van der Waals surface area contributed by atoms with Gasteiger partial charge in [0.05, 0.1) is 6.54 Å². The SMILES string of the molecule is C=CC(=O)N1CCN(CC(=O)N2CC=C[C@H]2C)C(=O)C12CC2.Cc1ccccc1.O=CO. The summed E-state index contributed by atoms with van der Waals surface area (Å²) >= 11 is 0. The number of aryl methyl sites for hydroxylation is 1. The second-order valence-electron chi connectivity index (χ2n) is 7.93. The molecule has 1 atom stereocenters. The predicted molar refractivity (Wildman–Crippen MR) is 121 cm³/mol. The van der Waals surface area contributed by atoms with Gasteiger partial charge in [0.1, 0.15) is 5.54 Å². The molecule has 8 heteroatoms. The molecule has 3 amide bonds. The molecule has 3 aliphatic rings. The van der Waals surface area contributed by atoms with Gasteiger partial charge in [-0.3, -0.25) is 19.2 Å². The summed E-state index contributed by atoms with van der Waals surface area (Å²) in [5, 5.41) is 6.89. The Kier molecular flexibility index (Phi) is 8.75. The summed E-state index contributed by atoms with van der Waals surface area (Å²) < 4.78 is 0. The largest absolute Gasteiger partial charge is 0.483 e. The maximum absolute atomic E-state index is 12.7. The Morgan fingerprint density at radius 3 is 2.28 bits per heavy atom. The number of carbonyl (C=O) groups excluding carboxylic acids is 3. The average molecular weight is 442 g/mol. The van der Waals surface area contributed by atoms with Gasteiger partial charge in [0.2, 0.25) is 17.7 Å². The maximum Gasteiger partial charge on any atom is 0.290 e. The number of nitrogens with zero attached hydrogens (tertiary/aromatic N) is 3. The van der Waals surface area contributed by atoms with Gasteiger partial charge in [0.25, 0.3) is 6.47 Å². The zero-order valence-electron chi connectivity index (χ0n) is 18.6. The molecule has 1 spiro atoms. The molecule has 1 N–H and O–H groups in total. The summed E-state index contributed by atoms with van der Waals surface area (Å²) in [6, 6.07) is 10.3.